The van der Waals surface area contributed by atoms with Gasteiger partial charge in [0.05, 0.1) is 16.4 Å². The Morgan fingerprint density at radius 3 is 2.47 bits per heavy atom. The number of hydrogen-bond acceptors (Lipinski definition) is 4. The molecule has 1 aromatic carbocycles. The molecule has 0 aliphatic carbocycles. The number of hydrogen-bond donors (Lipinski definition) is 1. The van der Waals surface area contributed by atoms with Crippen LogP contribution in [-0.4, -0.2) is 17.9 Å². The van der Waals surface area contributed by atoms with Crippen molar-refractivity contribution in [2.75, 3.05) is 7.05 Å². The van der Waals surface area contributed by atoms with E-state index in [4.69, 9.17) is 5.26 Å². The predicted molar refractivity (Wildman–Crippen MR) is 69.9 cm³/mol. The van der Waals surface area contributed by atoms with Crippen molar-refractivity contribution in [3.8, 4) is 6.07 Å². The van der Waals surface area contributed by atoms with Crippen molar-refractivity contribution in [1.82, 2.24) is 5.32 Å². The zero-order chi connectivity index (χ0) is 14.8. The van der Waals surface area contributed by atoms with Crippen molar-refractivity contribution in [2.24, 2.45) is 0 Å². The van der Waals surface area contributed by atoms with Crippen LogP contribution in [0.15, 0.2) is 12.1 Å². The summed E-state index contributed by atoms with van der Waals surface area (Å²) < 4.78 is 0. The molecular weight excluding hydrogens is 246 g/mol. The second-order valence-corrected chi connectivity index (χ2v) is 4.71. The van der Waals surface area contributed by atoms with E-state index in [9.17, 15) is 14.9 Å². The Labute approximate surface area is 111 Å². The first-order chi connectivity index (χ1) is 8.76. The molecule has 1 rings (SSSR count). The molecule has 0 radical (unpaired) electrons. The van der Waals surface area contributed by atoms with E-state index in [-0.39, 0.29) is 11.3 Å². The maximum Gasteiger partial charge on any atom is 0.285 e. The number of nitro benzene ring substituents is 1. The minimum atomic E-state index is -0.851. The van der Waals surface area contributed by atoms with E-state index in [0.717, 1.165) is 0 Å². The molecule has 1 N–H and O–H groups in total. The van der Waals surface area contributed by atoms with Gasteiger partial charge in [0.25, 0.3) is 11.6 Å². The van der Waals surface area contributed by atoms with Gasteiger partial charge in [0.1, 0.15) is 5.56 Å². The lowest BCUT2D eigenvalue weighted by Crippen LogP contribution is -2.22. The van der Waals surface area contributed by atoms with Crippen LogP contribution in [0.1, 0.15) is 35.3 Å². The monoisotopic (exact) mass is 261 g/mol. The third-order valence-corrected chi connectivity index (χ3v) is 3.04. The summed E-state index contributed by atoms with van der Waals surface area (Å²) in [7, 11) is 1.41. The minimum Gasteiger partial charge on any atom is -0.355 e. The average Bonchev–Trinajstić information content (AvgIpc) is 2.36. The van der Waals surface area contributed by atoms with Crippen LogP contribution in [0, 0.1) is 28.4 Å². The number of amides is 1. The molecule has 0 aromatic heterocycles. The lowest BCUT2D eigenvalue weighted by Gasteiger charge is -2.19. The van der Waals surface area contributed by atoms with Gasteiger partial charge in [-0.3, -0.25) is 14.9 Å². The molecule has 0 spiro atoms. The van der Waals surface area contributed by atoms with Crippen molar-refractivity contribution in [2.45, 2.75) is 26.2 Å². The fourth-order valence-electron chi connectivity index (χ4n) is 1.99. The number of nitro groups is 1. The van der Waals surface area contributed by atoms with E-state index < -0.39 is 16.2 Å². The summed E-state index contributed by atoms with van der Waals surface area (Å²) in [5.74, 6) is -0.517. The molecule has 1 amide bonds. The highest BCUT2D eigenvalue weighted by atomic mass is 16.6. The SMILES string of the molecule is CNC(=O)c1ccc(C(C)(C)C#N)c(C)c1[N+](=O)[O-]. The zero-order valence-electron chi connectivity index (χ0n) is 11.3. The molecule has 0 heterocycles. The highest BCUT2D eigenvalue weighted by Crippen LogP contribution is 2.33. The lowest BCUT2D eigenvalue weighted by molar-refractivity contribution is -0.385. The molecular formula is C13H15N3O3. The van der Waals surface area contributed by atoms with Crippen LogP contribution in [0.2, 0.25) is 0 Å². The molecule has 0 atom stereocenters. The van der Waals surface area contributed by atoms with E-state index in [0.29, 0.717) is 11.1 Å². The molecule has 100 valence electrons. The molecule has 1 aromatic rings. The third-order valence-electron chi connectivity index (χ3n) is 3.04. The van der Waals surface area contributed by atoms with Crippen molar-refractivity contribution < 1.29 is 9.72 Å². The van der Waals surface area contributed by atoms with Crippen LogP contribution in [0.3, 0.4) is 0 Å². The second-order valence-electron chi connectivity index (χ2n) is 4.71. The maximum atomic E-state index is 11.6. The number of rotatable bonds is 3. The lowest BCUT2D eigenvalue weighted by atomic mass is 9.82. The Morgan fingerprint density at radius 1 is 1.47 bits per heavy atom. The van der Waals surface area contributed by atoms with Gasteiger partial charge in [-0.25, -0.2) is 0 Å². The number of nitriles is 1. The Bertz CT molecular complexity index is 586. The fraction of sp³-hybridized carbons (Fsp3) is 0.385. The number of carbonyl (C=O) groups excluding carboxylic acids is 1. The largest absolute Gasteiger partial charge is 0.355 e. The Balaban J connectivity index is 3.63. The highest BCUT2D eigenvalue weighted by Gasteiger charge is 2.30. The van der Waals surface area contributed by atoms with Gasteiger partial charge in [-0.15, -0.1) is 0 Å². The van der Waals surface area contributed by atoms with Gasteiger partial charge in [0, 0.05) is 12.6 Å². The number of carbonyl (C=O) groups is 1. The molecule has 0 fully saturated rings. The van der Waals surface area contributed by atoms with Gasteiger partial charge in [-0.05, 0) is 32.4 Å². The summed E-state index contributed by atoms with van der Waals surface area (Å²) in [5, 5.41) is 22.7. The topological polar surface area (TPSA) is 96.0 Å². The van der Waals surface area contributed by atoms with Gasteiger partial charge in [0.2, 0.25) is 0 Å². The highest BCUT2D eigenvalue weighted by molar-refractivity contribution is 5.98. The fourth-order valence-corrected chi connectivity index (χ4v) is 1.99. The van der Waals surface area contributed by atoms with E-state index in [1.54, 1.807) is 26.8 Å². The summed E-state index contributed by atoms with van der Waals surface area (Å²) in [4.78, 5) is 22.2. The number of benzene rings is 1. The van der Waals surface area contributed by atoms with Crippen LogP contribution >= 0.6 is 0 Å². The smallest absolute Gasteiger partial charge is 0.285 e. The first kappa shape index (κ1) is 14.6. The quantitative estimate of drug-likeness (QED) is 0.665. The van der Waals surface area contributed by atoms with Gasteiger partial charge in [-0.1, -0.05) is 6.07 Å². The average molecular weight is 261 g/mol. The van der Waals surface area contributed by atoms with Crippen LogP contribution in [-0.2, 0) is 5.41 Å². The van der Waals surface area contributed by atoms with Crippen LogP contribution in [0.25, 0.3) is 0 Å². The van der Waals surface area contributed by atoms with Crippen LogP contribution < -0.4 is 5.32 Å². The predicted octanol–water partition coefficient (Wildman–Crippen LogP) is 2.06. The number of nitrogens with zero attached hydrogens (tertiary/aromatic N) is 2. The van der Waals surface area contributed by atoms with Gasteiger partial charge >= 0.3 is 0 Å². The summed E-state index contributed by atoms with van der Waals surface area (Å²) in [5.41, 5.74) is -0.203. The van der Waals surface area contributed by atoms with E-state index in [1.807, 2.05) is 0 Å². The molecule has 19 heavy (non-hydrogen) atoms. The molecule has 0 saturated carbocycles. The second kappa shape index (κ2) is 5.06. The Kier molecular flexibility index (Phi) is 3.90. The summed E-state index contributed by atoms with van der Waals surface area (Å²) in [6, 6.07) is 5.08. The molecule has 0 bridgehead atoms. The van der Waals surface area contributed by atoms with Gasteiger partial charge in [0.15, 0.2) is 0 Å². The van der Waals surface area contributed by atoms with Gasteiger partial charge < -0.3 is 5.32 Å². The molecule has 0 unspecified atom stereocenters. The van der Waals surface area contributed by atoms with Crippen molar-refractivity contribution >= 4 is 11.6 Å². The van der Waals surface area contributed by atoms with Gasteiger partial charge in [-0.2, -0.15) is 5.26 Å². The molecule has 6 heteroatoms. The molecule has 0 saturated heterocycles. The van der Waals surface area contributed by atoms with Crippen LogP contribution in [0.5, 0.6) is 0 Å². The van der Waals surface area contributed by atoms with Crippen LogP contribution in [0.4, 0.5) is 5.69 Å². The molecule has 0 aliphatic heterocycles. The summed E-state index contributed by atoms with van der Waals surface area (Å²) in [6.07, 6.45) is 0. The minimum absolute atomic E-state index is 0.00231. The zero-order valence-corrected chi connectivity index (χ0v) is 11.3. The first-order valence-electron chi connectivity index (χ1n) is 5.68. The molecule has 0 aliphatic rings. The maximum absolute atomic E-state index is 11.6. The van der Waals surface area contributed by atoms with Crippen molar-refractivity contribution in [3.05, 3.63) is 38.9 Å². The van der Waals surface area contributed by atoms with E-state index in [2.05, 4.69) is 11.4 Å². The first-order valence-corrected chi connectivity index (χ1v) is 5.68. The Hall–Kier alpha value is -2.42. The van der Waals surface area contributed by atoms with Crippen molar-refractivity contribution in [1.29, 1.82) is 5.26 Å². The Morgan fingerprint density at radius 2 is 2.05 bits per heavy atom. The van der Waals surface area contributed by atoms with E-state index >= 15 is 0 Å². The number of nitrogens with one attached hydrogen (secondary N) is 1. The molecule has 6 nitrogen and oxygen atoms in total. The normalized spacial score (nSPS) is 10.7. The summed E-state index contributed by atoms with van der Waals surface area (Å²) >= 11 is 0. The van der Waals surface area contributed by atoms with E-state index in [1.165, 1.54) is 13.1 Å². The third kappa shape index (κ3) is 2.55. The summed E-state index contributed by atoms with van der Waals surface area (Å²) in [6.45, 7) is 4.91. The standard InChI is InChI=1S/C13H15N3O3/c1-8-10(13(2,3)7-14)6-5-9(12(17)15-4)11(8)16(18)19/h5-6H,1-4H3,(H,15,17). The van der Waals surface area contributed by atoms with Crippen molar-refractivity contribution in [3.63, 3.8) is 0 Å².